The zero-order chi connectivity index (χ0) is 11.6. The Morgan fingerprint density at radius 1 is 1.25 bits per heavy atom. The van der Waals surface area contributed by atoms with Crippen LogP contribution in [0.3, 0.4) is 0 Å². The maximum absolute atomic E-state index is 11.7. The molecule has 94 valence electrons. The van der Waals surface area contributed by atoms with Crippen molar-refractivity contribution in [1.29, 1.82) is 0 Å². The van der Waals surface area contributed by atoms with E-state index >= 15 is 0 Å². The molecule has 2 N–H and O–H groups in total. The minimum absolute atomic E-state index is 0.126. The van der Waals surface area contributed by atoms with Crippen LogP contribution in [-0.2, 0) is 10.0 Å². The van der Waals surface area contributed by atoms with Gasteiger partial charge in [-0.1, -0.05) is 0 Å². The third kappa shape index (κ3) is 4.39. The van der Waals surface area contributed by atoms with Gasteiger partial charge in [-0.25, -0.2) is 13.1 Å². The number of hydrogen-bond donors (Lipinski definition) is 2. The average molecular weight is 246 g/mol. The maximum Gasteiger partial charge on any atom is 0.211 e. The lowest BCUT2D eigenvalue weighted by Crippen LogP contribution is -2.36. The fourth-order valence-corrected chi connectivity index (χ4v) is 3.29. The van der Waals surface area contributed by atoms with Crippen LogP contribution in [0, 0.1) is 5.92 Å². The van der Waals surface area contributed by atoms with Crippen LogP contribution < -0.4 is 10.0 Å². The molecule has 0 bridgehead atoms. The van der Waals surface area contributed by atoms with E-state index in [2.05, 4.69) is 10.0 Å². The minimum atomic E-state index is -3.05. The summed E-state index contributed by atoms with van der Waals surface area (Å²) >= 11 is 0. The van der Waals surface area contributed by atoms with Crippen molar-refractivity contribution in [2.75, 3.05) is 12.3 Å². The molecule has 0 spiro atoms. The van der Waals surface area contributed by atoms with Gasteiger partial charge in [0.1, 0.15) is 0 Å². The summed E-state index contributed by atoms with van der Waals surface area (Å²) in [4.78, 5) is 0. The first-order valence-corrected chi connectivity index (χ1v) is 7.95. The molecule has 5 heteroatoms. The van der Waals surface area contributed by atoms with Gasteiger partial charge in [-0.2, -0.15) is 0 Å². The monoisotopic (exact) mass is 246 g/mol. The van der Waals surface area contributed by atoms with Gasteiger partial charge in [-0.05, 0) is 51.5 Å². The van der Waals surface area contributed by atoms with Crippen LogP contribution in [0.1, 0.15) is 39.0 Å². The number of nitrogens with one attached hydrogen (secondary N) is 2. The summed E-state index contributed by atoms with van der Waals surface area (Å²) in [6.07, 6.45) is 5.57. The Balaban J connectivity index is 1.60. The topological polar surface area (TPSA) is 58.2 Å². The number of sulfonamides is 1. The van der Waals surface area contributed by atoms with E-state index in [4.69, 9.17) is 0 Å². The van der Waals surface area contributed by atoms with Gasteiger partial charge in [0.2, 0.25) is 10.0 Å². The summed E-state index contributed by atoms with van der Waals surface area (Å²) in [6, 6.07) is 0.794. The first-order valence-electron chi connectivity index (χ1n) is 6.30. The zero-order valence-electron chi connectivity index (χ0n) is 9.91. The van der Waals surface area contributed by atoms with Crippen molar-refractivity contribution >= 4 is 10.0 Å². The van der Waals surface area contributed by atoms with Crippen molar-refractivity contribution in [1.82, 2.24) is 10.0 Å². The Kier molecular flexibility index (Phi) is 3.87. The Labute approximate surface area is 98.2 Å². The molecule has 0 aromatic carbocycles. The highest BCUT2D eigenvalue weighted by molar-refractivity contribution is 7.89. The Hall–Kier alpha value is -0.130. The van der Waals surface area contributed by atoms with E-state index in [1.165, 1.54) is 25.7 Å². The predicted octanol–water partition coefficient (Wildman–Crippen LogP) is 0.846. The highest BCUT2D eigenvalue weighted by Crippen LogP contribution is 2.32. The molecule has 2 aliphatic carbocycles. The van der Waals surface area contributed by atoms with Crippen LogP contribution >= 0.6 is 0 Å². The second-order valence-corrected chi connectivity index (χ2v) is 7.02. The molecule has 0 saturated heterocycles. The molecule has 0 aromatic rings. The molecule has 0 aromatic heterocycles. The fraction of sp³-hybridized carbons (Fsp3) is 1.00. The number of hydrogen-bond acceptors (Lipinski definition) is 3. The molecule has 2 rings (SSSR count). The summed E-state index contributed by atoms with van der Waals surface area (Å²) in [5.74, 6) is 0.836. The second kappa shape index (κ2) is 5.02. The van der Waals surface area contributed by atoms with Gasteiger partial charge in [0, 0.05) is 12.1 Å². The molecule has 16 heavy (non-hydrogen) atoms. The molecule has 4 nitrogen and oxygen atoms in total. The lowest BCUT2D eigenvalue weighted by Gasteiger charge is -2.13. The third-order valence-corrected chi connectivity index (χ3v) is 4.85. The molecular formula is C11H22N2O2S. The Morgan fingerprint density at radius 3 is 2.50 bits per heavy atom. The van der Waals surface area contributed by atoms with Crippen LogP contribution in [0.15, 0.2) is 0 Å². The normalized spacial score (nSPS) is 23.3. The summed E-state index contributed by atoms with van der Waals surface area (Å²) in [5.41, 5.74) is 0. The van der Waals surface area contributed by atoms with E-state index in [1.807, 2.05) is 6.92 Å². The maximum atomic E-state index is 11.7. The Morgan fingerprint density at radius 2 is 1.94 bits per heavy atom. The van der Waals surface area contributed by atoms with Crippen LogP contribution in [0.5, 0.6) is 0 Å². The van der Waals surface area contributed by atoms with Crippen LogP contribution in [0.25, 0.3) is 0 Å². The second-order valence-electron chi connectivity index (χ2n) is 5.14. The predicted molar refractivity (Wildman–Crippen MR) is 64.8 cm³/mol. The minimum Gasteiger partial charge on any atom is -0.314 e. The molecule has 0 aliphatic heterocycles. The van der Waals surface area contributed by atoms with Crippen molar-refractivity contribution < 1.29 is 8.42 Å². The molecule has 2 aliphatic rings. The largest absolute Gasteiger partial charge is 0.314 e. The van der Waals surface area contributed by atoms with Gasteiger partial charge >= 0.3 is 0 Å². The standard InChI is InChI=1S/C11H22N2O2S/c1-9(10-3-4-10)13-16(14,15)8-2-7-12-11-5-6-11/h9-13H,2-8H2,1H3. The third-order valence-electron chi connectivity index (χ3n) is 3.29. The Bertz CT molecular complexity index is 321. The van der Waals surface area contributed by atoms with Crippen molar-refractivity contribution in [3.63, 3.8) is 0 Å². The lowest BCUT2D eigenvalue weighted by molar-refractivity contribution is 0.534. The van der Waals surface area contributed by atoms with Crippen molar-refractivity contribution in [3.05, 3.63) is 0 Å². The summed E-state index contributed by atoms with van der Waals surface area (Å²) in [5, 5.41) is 3.33. The SMILES string of the molecule is CC(NS(=O)(=O)CCCNC1CC1)C1CC1. The van der Waals surface area contributed by atoms with Crippen molar-refractivity contribution in [2.24, 2.45) is 5.92 Å². The lowest BCUT2D eigenvalue weighted by atomic mass is 10.2. The smallest absolute Gasteiger partial charge is 0.211 e. The molecule has 0 radical (unpaired) electrons. The first kappa shape index (κ1) is 12.3. The first-order chi connectivity index (χ1) is 7.57. The highest BCUT2D eigenvalue weighted by Gasteiger charge is 2.30. The van der Waals surface area contributed by atoms with Crippen molar-refractivity contribution in [3.8, 4) is 0 Å². The van der Waals surface area contributed by atoms with Crippen LogP contribution in [0.4, 0.5) is 0 Å². The fourth-order valence-electron chi connectivity index (χ4n) is 1.89. The van der Waals surface area contributed by atoms with E-state index in [1.54, 1.807) is 0 Å². The summed E-state index contributed by atoms with van der Waals surface area (Å²) < 4.78 is 26.2. The van der Waals surface area contributed by atoms with Gasteiger partial charge < -0.3 is 5.32 Å². The van der Waals surface area contributed by atoms with Gasteiger partial charge in [0.25, 0.3) is 0 Å². The van der Waals surface area contributed by atoms with Crippen LogP contribution in [0.2, 0.25) is 0 Å². The zero-order valence-corrected chi connectivity index (χ0v) is 10.7. The van der Waals surface area contributed by atoms with Gasteiger partial charge in [-0.15, -0.1) is 0 Å². The quantitative estimate of drug-likeness (QED) is 0.624. The molecular weight excluding hydrogens is 224 g/mol. The number of rotatable bonds is 8. The van der Waals surface area contributed by atoms with Crippen molar-refractivity contribution in [2.45, 2.75) is 51.1 Å². The highest BCUT2D eigenvalue weighted by atomic mass is 32.2. The van der Waals surface area contributed by atoms with Crippen LogP contribution in [-0.4, -0.2) is 32.8 Å². The van der Waals surface area contributed by atoms with E-state index in [9.17, 15) is 8.42 Å². The molecule has 1 unspecified atom stereocenters. The average Bonchev–Trinajstić information content (AvgIpc) is 3.00. The molecule has 0 amide bonds. The van der Waals surface area contributed by atoms with E-state index in [0.29, 0.717) is 18.4 Å². The summed E-state index contributed by atoms with van der Waals surface area (Å²) in [7, 11) is -3.05. The van der Waals surface area contributed by atoms with E-state index in [-0.39, 0.29) is 11.8 Å². The van der Waals surface area contributed by atoms with E-state index < -0.39 is 10.0 Å². The van der Waals surface area contributed by atoms with Gasteiger partial charge in [0.05, 0.1) is 5.75 Å². The van der Waals surface area contributed by atoms with E-state index in [0.717, 1.165) is 6.54 Å². The van der Waals surface area contributed by atoms with Gasteiger partial charge in [-0.3, -0.25) is 0 Å². The molecule has 2 saturated carbocycles. The molecule has 0 heterocycles. The molecule has 1 atom stereocenters. The molecule has 2 fully saturated rings. The summed E-state index contributed by atoms with van der Waals surface area (Å²) in [6.45, 7) is 2.79. The van der Waals surface area contributed by atoms with Gasteiger partial charge in [0.15, 0.2) is 0 Å².